The molecule has 1 fully saturated rings. The summed E-state index contributed by atoms with van der Waals surface area (Å²) >= 11 is 1.49. The third kappa shape index (κ3) is 6.51. The van der Waals surface area contributed by atoms with Crippen LogP contribution < -0.4 is 10.6 Å². The summed E-state index contributed by atoms with van der Waals surface area (Å²) in [5.41, 5.74) is 4.98. The van der Waals surface area contributed by atoms with Gasteiger partial charge in [-0.1, -0.05) is 68.9 Å². The van der Waals surface area contributed by atoms with E-state index in [2.05, 4.69) is 35.5 Å². The lowest BCUT2D eigenvalue weighted by Gasteiger charge is -2.27. The number of halogens is 1. The lowest BCUT2D eigenvalue weighted by Crippen LogP contribution is -2.20. The maximum absolute atomic E-state index is 15.0. The number of nitrogens with zero attached hydrogens (tertiary/aromatic N) is 1. The largest absolute Gasteiger partial charge is 0.457 e. The highest BCUT2D eigenvalue weighted by molar-refractivity contribution is 7.22. The number of rotatable bonds is 6. The van der Waals surface area contributed by atoms with Crippen LogP contribution in [0.25, 0.3) is 21.3 Å². The Balaban J connectivity index is 0.00000164. The summed E-state index contributed by atoms with van der Waals surface area (Å²) in [5, 5.41) is 7.08. The smallest absolute Gasteiger partial charge is 0.306 e. The molecule has 2 atom stereocenters. The Kier molecular flexibility index (Phi) is 9.34. The Labute approximate surface area is 228 Å². The molecule has 4 aromatic rings. The van der Waals surface area contributed by atoms with Crippen LogP contribution in [0, 0.1) is 11.7 Å². The quantitative estimate of drug-likeness (QED) is 0.242. The van der Waals surface area contributed by atoms with Crippen molar-refractivity contribution in [3.05, 3.63) is 72.0 Å². The zero-order chi connectivity index (χ0) is 27.1. The second-order valence-electron chi connectivity index (χ2n) is 9.31. The SMILES string of the molecule is CC.CCNc1ccc2nc(Nc3ccc(-c4ccc(C5OC(=O)CCCCC5C)cc4)cc3F)sc2c1. The molecular weight excluding hydrogens is 497 g/mol. The molecule has 2 unspecified atom stereocenters. The molecule has 5 nitrogen and oxygen atoms in total. The average Bonchev–Trinajstić information content (AvgIpc) is 3.33. The third-order valence-electron chi connectivity index (χ3n) is 6.62. The number of benzene rings is 3. The normalized spacial score (nSPS) is 17.6. The molecule has 0 bridgehead atoms. The van der Waals surface area contributed by atoms with Crippen LogP contribution in [-0.4, -0.2) is 17.5 Å². The van der Waals surface area contributed by atoms with Crippen LogP contribution in [0.3, 0.4) is 0 Å². The van der Waals surface area contributed by atoms with Gasteiger partial charge in [-0.05, 0) is 72.7 Å². The van der Waals surface area contributed by atoms with E-state index in [4.69, 9.17) is 4.74 Å². The molecule has 38 heavy (non-hydrogen) atoms. The zero-order valence-corrected chi connectivity index (χ0v) is 23.3. The number of carbonyl (C=O) groups is 1. The molecule has 2 heterocycles. The maximum Gasteiger partial charge on any atom is 0.306 e. The minimum Gasteiger partial charge on any atom is -0.457 e. The minimum atomic E-state index is -0.341. The van der Waals surface area contributed by atoms with E-state index in [1.807, 2.05) is 56.3 Å². The number of anilines is 3. The second kappa shape index (κ2) is 12.9. The van der Waals surface area contributed by atoms with Crippen molar-refractivity contribution in [1.82, 2.24) is 4.98 Å². The van der Waals surface area contributed by atoms with Gasteiger partial charge in [0.05, 0.1) is 15.9 Å². The van der Waals surface area contributed by atoms with E-state index in [1.54, 1.807) is 6.07 Å². The lowest BCUT2D eigenvalue weighted by molar-refractivity contribution is -0.153. The van der Waals surface area contributed by atoms with E-state index in [0.717, 1.165) is 58.4 Å². The number of carbonyl (C=O) groups excluding carboxylic acids is 1. The molecule has 1 aliphatic heterocycles. The second-order valence-corrected chi connectivity index (χ2v) is 10.3. The van der Waals surface area contributed by atoms with Gasteiger partial charge in [-0.3, -0.25) is 4.79 Å². The first-order chi connectivity index (χ1) is 18.5. The van der Waals surface area contributed by atoms with Gasteiger partial charge in [0.2, 0.25) is 0 Å². The molecule has 0 saturated carbocycles. The van der Waals surface area contributed by atoms with Crippen LogP contribution in [0.15, 0.2) is 60.7 Å². The number of aromatic nitrogens is 1. The topological polar surface area (TPSA) is 63.3 Å². The molecule has 0 aliphatic carbocycles. The van der Waals surface area contributed by atoms with Crippen molar-refractivity contribution in [3.8, 4) is 11.1 Å². The van der Waals surface area contributed by atoms with Crippen LogP contribution >= 0.6 is 11.3 Å². The van der Waals surface area contributed by atoms with E-state index < -0.39 is 0 Å². The van der Waals surface area contributed by atoms with Gasteiger partial charge in [-0.2, -0.15) is 0 Å². The Bertz CT molecular complexity index is 1370. The van der Waals surface area contributed by atoms with Crippen molar-refractivity contribution < 1.29 is 13.9 Å². The van der Waals surface area contributed by atoms with Gasteiger partial charge in [0.25, 0.3) is 0 Å². The van der Waals surface area contributed by atoms with E-state index in [1.165, 1.54) is 17.4 Å². The molecule has 7 heteroatoms. The monoisotopic (exact) mass is 533 g/mol. The summed E-state index contributed by atoms with van der Waals surface area (Å²) in [6.45, 7) is 9.04. The summed E-state index contributed by atoms with van der Waals surface area (Å²) in [6.07, 6.45) is 3.21. The lowest BCUT2D eigenvalue weighted by atomic mass is 9.90. The summed E-state index contributed by atoms with van der Waals surface area (Å²) in [7, 11) is 0. The predicted octanol–water partition coefficient (Wildman–Crippen LogP) is 9.10. The van der Waals surface area contributed by atoms with E-state index in [9.17, 15) is 4.79 Å². The summed E-state index contributed by atoms with van der Waals surface area (Å²) in [6, 6.07) is 19.1. The number of hydrogen-bond donors (Lipinski definition) is 2. The van der Waals surface area contributed by atoms with E-state index in [-0.39, 0.29) is 23.8 Å². The van der Waals surface area contributed by atoms with E-state index in [0.29, 0.717) is 17.2 Å². The molecule has 0 radical (unpaired) electrons. The molecule has 0 spiro atoms. The first-order valence-corrected chi connectivity index (χ1v) is 14.3. The highest BCUT2D eigenvalue weighted by atomic mass is 32.1. The fraction of sp³-hybridized carbons (Fsp3) is 0.355. The van der Waals surface area contributed by atoms with Crippen molar-refractivity contribution in [1.29, 1.82) is 0 Å². The van der Waals surface area contributed by atoms with Crippen LogP contribution in [0.4, 0.5) is 20.9 Å². The average molecular weight is 534 g/mol. The number of esters is 1. The van der Waals surface area contributed by atoms with Crippen molar-refractivity contribution in [2.45, 2.75) is 59.5 Å². The number of ether oxygens (including phenoxy) is 1. The number of cyclic esters (lactones) is 1. The molecule has 1 aromatic heterocycles. The van der Waals surface area contributed by atoms with E-state index >= 15 is 4.39 Å². The molecule has 200 valence electrons. The minimum absolute atomic E-state index is 0.132. The first-order valence-electron chi connectivity index (χ1n) is 13.5. The van der Waals surface area contributed by atoms with Gasteiger partial charge in [0.1, 0.15) is 11.9 Å². The summed E-state index contributed by atoms with van der Waals surface area (Å²) in [4.78, 5) is 16.7. The predicted molar refractivity (Wildman–Crippen MR) is 157 cm³/mol. The van der Waals surface area contributed by atoms with Crippen LogP contribution in [0.5, 0.6) is 0 Å². The van der Waals surface area contributed by atoms with Crippen LogP contribution in [0.1, 0.15) is 65.0 Å². The summed E-state index contributed by atoms with van der Waals surface area (Å²) in [5.74, 6) is -0.210. The van der Waals surface area contributed by atoms with Crippen molar-refractivity contribution >= 4 is 44.0 Å². The number of fused-ring (bicyclic) bond motifs is 1. The Morgan fingerprint density at radius 3 is 2.53 bits per heavy atom. The Morgan fingerprint density at radius 1 is 1.03 bits per heavy atom. The fourth-order valence-electron chi connectivity index (χ4n) is 4.67. The van der Waals surface area contributed by atoms with Crippen molar-refractivity contribution in [2.24, 2.45) is 5.92 Å². The molecule has 1 saturated heterocycles. The Hall–Kier alpha value is -3.45. The standard InChI is InChI=1S/C29H30FN3O2S.C2H6/c1-3-31-22-13-15-25-26(17-22)36-29(33-25)32-24-14-12-21(16-23(24)30)19-8-10-20(11-9-19)28-18(2)6-4-5-7-27(34)35-28;1-2/h8-18,28,31H,3-7H2,1-2H3,(H,32,33);1-2H3. The van der Waals surface area contributed by atoms with Gasteiger partial charge in [-0.25, -0.2) is 9.37 Å². The van der Waals surface area contributed by atoms with Gasteiger partial charge in [-0.15, -0.1) is 0 Å². The van der Waals surface area contributed by atoms with Gasteiger partial charge in [0, 0.05) is 18.7 Å². The highest BCUT2D eigenvalue weighted by Gasteiger charge is 2.25. The summed E-state index contributed by atoms with van der Waals surface area (Å²) < 4.78 is 21.8. The molecule has 0 amide bonds. The number of thiazole rings is 1. The maximum atomic E-state index is 15.0. The third-order valence-corrected chi connectivity index (χ3v) is 7.55. The molecule has 3 aromatic carbocycles. The number of hydrogen-bond acceptors (Lipinski definition) is 6. The fourth-order valence-corrected chi connectivity index (χ4v) is 5.59. The first kappa shape index (κ1) is 27.6. The molecule has 2 N–H and O–H groups in total. The van der Waals surface area contributed by atoms with Crippen molar-refractivity contribution in [2.75, 3.05) is 17.2 Å². The van der Waals surface area contributed by atoms with Gasteiger partial charge < -0.3 is 15.4 Å². The zero-order valence-electron chi connectivity index (χ0n) is 22.5. The van der Waals surface area contributed by atoms with Gasteiger partial charge in [0.15, 0.2) is 5.13 Å². The molecule has 5 rings (SSSR count). The Morgan fingerprint density at radius 2 is 1.79 bits per heavy atom. The van der Waals surface area contributed by atoms with Crippen LogP contribution in [-0.2, 0) is 9.53 Å². The molecule has 1 aliphatic rings. The number of nitrogens with one attached hydrogen (secondary N) is 2. The van der Waals surface area contributed by atoms with Crippen LogP contribution in [0.2, 0.25) is 0 Å². The molecular formula is C31H36FN3O2S. The van der Waals surface area contributed by atoms with Gasteiger partial charge >= 0.3 is 5.97 Å². The van der Waals surface area contributed by atoms with Crippen molar-refractivity contribution in [3.63, 3.8) is 0 Å². The highest BCUT2D eigenvalue weighted by Crippen LogP contribution is 2.35.